The molecule has 0 bridgehead atoms. The van der Waals surface area contributed by atoms with E-state index in [1.165, 1.54) is 30.5 Å². The first-order valence-corrected chi connectivity index (χ1v) is 12.3. The molecular weight excluding hydrogens is 514 g/mol. The third kappa shape index (κ3) is 6.74. The molecule has 3 aromatic rings. The predicted octanol–water partition coefficient (Wildman–Crippen LogP) is 4.49. The molecule has 3 rings (SSSR count). The molecule has 0 saturated heterocycles. The highest BCUT2D eigenvalue weighted by molar-refractivity contribution is 9.10. The second kappa shape index (κ2) is 11.4. The summed E-state index contributed by atoms with van der Waals surface area (Å²) in [6.45, 7) is -0.235. The first kappa shape index (κ1) is 24.1. The molecule has 0 aromatic heterocycles. The normalized spacial score (nSPS) is 11.7. The van der Waals surface area contributed by atoms with Gasteiger partial charge in [-0.2, -0.15) is 9.41 Å². The van der Waals surface area contributed by atoms with Crippen molar-refractivity contribution >= 4 is 49.7 Å². The van der Waals surface area contributed by atoms with Gasteiger partial charge in [-0.25, -0.2) is 13.8 Å². The minimum Gasteiger partial charge on any atom is -0.272 e. The third-order valence-electron chi connectivity index (χ3n) is 4.56. The van der Waals surface area contributed by atoms with Crippen LogP contribution in [0.25, 0.3) is 0 Å². The second-order valence-corrected chi connectivity index (χ2v) is 10.1. The molecule has 32 heavy (non-hydrogen) atoms. The lowest BCUT2D eigenvalue weighted by atomic mass is 10.1. The molecule has 9 heteroatoms. The largest absolute Gasteiger partial charge is 0.272 e. The fourth-order valence-electron chi connectivity index (χ4n) is 2.89. The standard InChI is InChI=1S/C23H21BrClN3O3S/c24-22-9-5-4-8-19(22)16-26-27-23(29)17-28(15-14-18-6-2-1-3-7-18)32(30,31)21-12-10-20(25)11-13-21/h1-13,16H,14-15,17H2,(H,27,29)/b26-16-. The summed E-state index contributed by atoms with van der Waals surface area (Å²) in [5, 5.41) is 4.38. The fraction of sp³-hybridized carbons (Fsp3) is 0.130. The molecular formula is C23H21BrClN3O3S. The van der Waals surface area contributed by atoms with Crippen LogP contribution in [0.15, 0.2) is 93.3 Å². The summed E-state index contributed by atoms with van der Waals surface area (Å²) >= 11 is 9.30. The number of amides is 1. The van der Waals surface area contributed by atoms with Gasteiger partial charge in [-0.15, -0.1) is 0 Å². The summed E-state index contributed by atoms with van der Waals surface area (Å²) in [4.78, 5) is 12.6. The van der Waals surface area contributed by atoms with Gasteiger partial charge < -0.3 is 0 Å². The molecule has 0 aliphatic rings. The maximum atomic E-state index is 13.2. The van der Waals surface area contributed by atoms with Crippen molar-refractivity contribution in [2.45, 2.75) is 11.3 Å². The number of sulfonamides is 1. The van der Waals surface area contributed by atoms with Crippen LogP contribution >= 0.6 is 27.5 Å². The third-order valence-corrected chi connectivity index (χ3v) is 7.40. The number of halogens is 2. The van der Waals surface area contributed by atoms with Crippen molar-refractivity contribution in [1.29, 1.82) is 0 Å². The number of nitrogens with zero attached hydrogens (tertiary/aromatic N) is 2. The molecule has 3 aromatic carbocycles. The maximum Gasteiger partial charge on any atom is 0.255 e. The Morgan fingerprint density at radius 2 is 1.66 bits per heavy atom. The van der Waals surface area contributed by atoms with Crippen molar-refractivity contribution in [3.8, 4) is 0 Å². The van der Waals surface area contributed by atoms with E-state index in [4.69, 9.17) is 11.6 Å². The number of carbonyl (C=O) groups is 1. The SMILES string of the molecule is O=C(CN(CCc1ccccc1)S(=O)(=O)c1ccc(Cl)cc1)N/N=C\c1ccccc1Br. The highest BCUT2D eigenvalue weighted by Gasteiger charge is 2.26. The van der Waals surface area contributed by atoms with Gasteiger partial charge in [0, 0.05) is 21.6 Å². The summed E-state index contributed by atoms with van der Waals surface area (Å²) in [6.07, 6.45) is 1.95. The van der Waals surface area contributed by atoms with Crippen LogP contribution < -0.4 is 5.43 Å². The lowest BCUT2D eigenvalue weighted by Crippen LogP contribution is -2.40. The zero-order valence-corrected chi connectivity index (χ0v) is 20.1. The minimum atomic E-state index is -3.91. The Hall–Kier alpha value is -2.52. The molecule has 0 unspecified atom stereocenters. The van der Waals surface area contributed by atoms with E-state index in [-0.39, 0.29) is 18.0 Å². The molecule has 0 heterocycles. The molecule has 0 aliphatic heterocycles. The van der Waals surface area contributed by atoms with Crippen molar-refractivity contribution < 1.29 is 13.2 Å². The smallest absolute Gasteiger partial charge is 0.255 e. The Kier molecular flexibility index (Phi) is 8.58. The van der Waals surface area contributed by atoms with Crippen LogP contribution in [0.5, 0.6) is 0 Å². The lowest BCUT2D eigenvalue weighted by Gasteiger charge is -2.21. The number of hydrogen-bond acceptors (Lipinski definition) is 4. The lowest BCUT2D eigenvalue weighted by molar-refractivity contribution is -0.121. The van der Waals surface area contributed by atoms with Gasteiger partial charge in [0.15, 0.2) is 0 Å². The Balaban J connectivity index is 1.74. The maximum absolute atomic E-state index is 13.2. The molecule has 0 spiro atoms. The Labute approximate surface area is 201 Å². The minimum absolute atomic E-state index is 0.0690. The van der Waals surface area contributed by atoms with Crippen molar-refractivity contribution in [2.24, 2.45) is 5.10 Å². The Morgan fingerprint density at radius 3 is 2.34 bits per heavy atom. The van der Waals surface area contributed by atoms with Crippen LogP contribution in [0.4, 0.5) is 0 Å². The van der Waals surface area contributed by atoms with Gasteiger partial charge in [0.25, 0.3) is 5.91 Å². The van der Waals surface area contributed by atoms with E-state index >= 15 is 0 Å². The van der Waals surface area contributed by atoms with Crippen molar-refractivity contribution in [1.82, 2.24) is 9.73 Å². The van der Waals surface area contributed by atoms with Gasteiger partial charge in [-0.05, 0) is 42.3 Å². The van der Waals surface area contributed by atoms with Crippen molar-refractivity contribution in [2.75, 3.05) is 13.1 Å². The number of nitrogens with one attached hydrogen (secondary N) is 1. The summed E-state index contributed by atoms with van der Waals surface area (Å²) in [6, 6.07) is 22.7. The van der Waals surface area contributed by atoms with E-state index in [0.717, 1.165) is 19.9 Å². The van der Waals surface area contributed by atoms with E-state index in [2.05, 4.69) is 26.5 Å². The van der Waals surface area contributed by atoms with E-state index in [1.54, 1.807) is 0 Å². The molecule has 0 fully saturated rings. The highest BCUT2D eigenvalue weighted by atomic mass is 79.9. The van der Waals surface area contributed by atoms with Crippen LogP contribution in [0.2, 0.25) is 5.02 Å². The number of carbonyl (C=O) groups excluding carboxylic acids is 1. The van der Waals surface area contributed by atoms with Gasteiger partial charge in [-0.1, -0.05) is 76.1 Å². The zero-order valence-electron chi connectivity index (χ0n) is 17.0. The molecule has 166 valence electrons. The van der Waals surface area contributed by atoms with E-state index in [9.17, 15) is 13.2 Å². The Bertz CT molecular complexity index is 1190. The fourth-order valence-corrected chi connectivity index (χ4v) is 4.80. The number of benzene rings is 3. The number of rotatable bonds is 9. The van der Waals surface area contributed by atoms with Crippen LogP contribution in [0.3, 0.4) is 0 Å². The average molecular weight is 535 g/mol. The van der Waals surface area contributed by atoms with Gasteiger partial charge in [0.05, 0.1) is 17.7 Å². The zero-order chi connectivity index (χ0) is 23.0. The average Bonchev–Trinajstić information content (AvgIpc) is 2.79. The predicted molar refractivity (Wildman–Crippen MR) is 130 cm³/mol. The topological polar surface area (TPSA) is 78.8 Å². The van der Waals surface area contributed by atoms with E-state index < -0.39 is 15.9 Å². The first-order valence-electron chi connectivity index (χ1n) is 9.72. The van der Waals surface area contributed by atoms with Gasteiger partial charge >= 0.3 is 0 Å². The molecule has 0 atom stereocenters. The first-order chi connectivity index (χ1) is 15.4. The summed E-state index contributed by atoms with van der Waals surface area (Å²) < 4.78 is 28.4. The number of hydrogen-bond donors (Lipinski definition) is 1. The van der Waals surface area contributed by atoms with E-state index in [1.807, 2.05) is 54.6 Å². The van der Waals surface area contributed by atoms with E-state index in [0.29, 0.717) is 11.4 Å². The molecule has 6 nitrogen and oxygen atoms in total. The van der Waals surface area contributed by atoms with Crippen molar-refractivity contribution in [3.63, 3.8) is 0 Å². The van der Waals surface area contributed by atoms with Crippen LogP contribution in [-0.4, -0.2) is 37.9 Å². The van der Waals surface area contributed by atoms with Gasteiger partial charge in [0.1, 0.15) is 0 Å². The molecule has 1 N–H and O–H groups in total. The summed E-state index contributed by atoms with van der Waals surface area (Å²) in [7, 11) is -3.91. The van der Waals surface area contributed by atoms with Crippen LogP contribution in [-0.2, 0) is 21.2 Å². The van der Waals surface area contributed by atoms with Crippen molar-refractivity contribution in [3.05, 3.63) is 99.5 Å². The highest BCUT2D eigenvalue weighted by Crippen LogP contribution is 2.19. The molecule has 0 saturated carbocycles. The van der Waals surface area contributed by atoms with Gasteiger partial charge in [-0.3, -0.25) is 4.79 Å². The van der Waals surface area contributed by atoms with Crippen LogP contribution in [0.1, 0.15) is 11.1 Å². The monoisotopic (exact) mass is 533 g/mol. The van der Waals surface area contributed by atoms with Crippen LogP contribution in [0, 0.1) is 0 Å². The Morgan fingerprint density at radius 1 is 1.00 bits per heavy atom. The van der Waals surface area contributed by atoms with Gasteiger partial charge in [0.2, 0.25) is 10.0 Å². The molecule has 0 aliphatic carbocycles. The second-order valence-electron chi connectivity index (χ2n) is 6.84. The quantitative estimate of drug-likeness (QED) is 0.325. The molecule has 0 radical (unpaired) electrons. The summed E-state index contributed by atoms with van der Waals surface area (Å²) in [5.74, 6) is -0.543. The molecule has 1 amide bonds. The summed E-state index contributed by atoms with van der Waals surface area (Å²) in [5.41, 5.74) is 4.15. The number of hydrazone groups is 1.